The summed E-state index contributed by atoms with van der Waals surface area (Å²) in [4.78, 5) is 15.9. The van der Waals surface area contributed by atoms with Crippen molar-refractivity contribution in [3.8, 4) is 0 Å². The van der Waals surface area contributed by atoms with Crippen LogP contribution in [0.1, 0.15) is 38.5 Å². The van der Waals surface area contributed by atoms with Crippen LogP contribution in [-0.4, -0.2) is 30.1 Å². The fraction of sp³-hybridized carbons (Fsp3) is 0.600. The molecule has 0 radical (unpaired) electrons. The summed E-state index contributed by atoms with van der Waals surface area (Å²) in [5.41, 5.74) is 6.42. The number of anilines is 2. The largest absolute Gasteiger partial charge is 0.396 e. The molecular formula is C15H25N5O. The number of nitrogens with one attached hydrogen (secondary N) is 3. The van der Waals surface area contributed by atoms with Gasteiger partial charge in [-0.05, 0) is 31.4 Å². The number of carbonyl (C=O) groups is 1. The first kappa shape index (κ1) is 15.4. The molecule has 1 aliphatic carbocycles. The Labute approximate surface area is 125 Å². The molecule has 0 unspecified atom stereocenters. The van der Waals surface area contributed by atoms with E-state index in [0.717, 1.165) is 25.8 Å². The molecule has 2 rings (SSSR count). The third-order valence-corrected chi connectivity index (χ3v) is 3.71. The molecule has 21 heavy (non-hydrogen) atoms. The van der Waals surface area contributed by atoms with E-state index in [-0.39, 0.29) is 6.03 Å². The summed E-state index contributed by atoms with van der Waals surface area (Å²) < 4.78 is 0. The first-order valence-corrected chi connectivity index (χ1v) is 7.74. The van der Waals surface area contributed by atoms with Gasteiger partial charge in [-0.15, -0.1) is 0 Å². The molecule has 6 heteroatoms. The molecule has 0 atom stereocenters. The second kappa shape index (κ2) is 8.34. The standard InChI is InChI=1S/C15H25N5O/c16-13-8-4-9-17-14(13)18-10-5-11-19-15(21)20-12-6-2-1-3-7-12/h4,8-9,12H,1-3,5-7,10-11,16H2,(H,17,18)(H2,19,20,21). The van der Waals surface area contributed by atoms with Crippen molar-refractivity contribution < 1.29 is 4.79 Å². The van der Waals surface area contributed by atoms with Gasteiger partial charge in [0.25, 0.3) is 0 Å². The summed E-state index contributed by atoms with van der Waals surface area (Å²) in [7, 11) is 0. The number of aromatic nitrogens is 1. The number of carbonyl (C=O) groups excluding carboxylic acids is 1. The zero-order valence-corrected chi connectivity index (χ0v) is 12.4. The van der Waals surface area contributed by atoms with Crippen molar-refractivity contribution in [3.05, 3.63) is 18.3 Å². The van der Waals surface area contributed by atoms with Crippen LogP contribution in [-0.2, 0) is 0 Å². The lowest BCUT2D eigenvalue weighted by atomic mass is 9.96. The van der Waals surface area contributed by atoms with E-state index in [4.69, 9.17) is 5.73 Å². The predicted molar refractivity (Wildman–Crippen MR) is 85.2 cm³/mol. The molecule has 5 N–H and O–H groups in total. The van der Waals surface area contributed by atoms with Crippen LogP contribution in [0.15, 0.2) is 18.3 Å². The first-order chi connectivity index (χ1) is 10.3. The zero-order valence-electron chi connectivity index (χ0n) is 12.4. The Morgan fingerprint density at radius 2 is 2.10 bits per heavy atom. The van der Waals surface area contributed by atoms with Gasteiger partial charge in [0, 0.05) is 25.3 Å². The molecule has 0 aliphatic heterocycles. The number of amides is 2. The normalized spacial score (nSPS) is 15.4. The summed E-state index contributed by atoms with van der Waals surface area (Å²) in [6.07, 6.45) is 8.48. The van der Waals surface area contributed by atoms with Crippen LogP contribution in [0.3, 0.4) is 0 Å². The maximum Gasteiger partial charge on any atom is 0.315 e. The quantitative estimate of drug-likeness (QED) is 0.604. The van der Waals surface area contributed by atoms with Crippen molar-refractivity contribution in [1.82, 2.24) is 15.6 Å². The SMILES string of the molecule is Nc1cccnc1NCCCNC(=O)NC1CCCCC1. The Hall–Kier alpha value is -1.98. The summed E-state index contributed by atoms with van der Waals surface area (Å²) >= 11 is 0. The van der Waals surface area contributed by atoms with Crippen molar-refractivity contribution in [2.24, 2.45) is 0 Å². The van der Waals surface area contributed by atoms with E-state index in [2.05, 4.69) is 20.9 Å². The number of hydrogen-bond donors (Lipinski definition) is 4. The van der Waals surface area contributed by atoms with E-state index in [9.17, 15) is 4.79 Å². The van der Waals surface area contributed by atoms with Gasteiger partial charge in [0.05, 0.1) is 5.69 Å². The van der Waals surface area contributed by atoms with Crippen LogP contribution in [0.5, 0.6) is 0 Å². The fourth-order valence-electron chi connectivity index (χ4n) is 2.55. The molecule has 1 aromatic rings. The van der Waals surface area contributed by atoms with Gasteiger partial charge in [-0.25, -0.2) is 9.78 Å². The van der Waals surface area contributed by atoms with Gasteiger partial charge in [0.15, 0.2) is 0 Å². The molecule has 1 aromatic heterocycles. The summed E-state index contributed by atoms with van der Waals surface area (Å²) in [6.45, 7) is 1.36. The van der Waals surface area contributed by atoms with Crippen LogP contribution in [0.2, 0.25) is 0 Å². The van der Waals surface area contributed by atoms with E-state index >= 15 is 0 Å². The topological polar surface area (TPSA) is 92.1 Å². The summed E-state index contributed by atoms with van der Waals surface area (Å²) in [6, 6.07) is 3.91. The summed E-state index contributed by atoms with van der Waals surface area (Å²) in [5.74, 6) is 0.698. The minimum Gasteiger partial charge on any atom is -0.396 e. The van der Waals surface area contributed by atoms with E-state index in [0.29, 0.717) is 24.1 Å². The highest BCUT2D eigenvalue weighted by Crippen LogP contribution is 2.17. The number of pyridine rings is 1. The van der Waals surface area contributed by atoms with Crippen molar-refractivity contribution in [3.63, 3.8) is 0 Å². The molecule has 0 bridgehead atoms. The monoisotopic (exact) mass is 291 g/mol. The number of urea groups is 1. The highest BCUT2D eigenvalue weighted by atomic mass is 16.2. The van der Waals surface area contributed by atoms with Crippen LogP contribution in [0.4, 0.5) is 16.3 Å². The number of hydrogen-bond acceptors (Lipinski definition) is 4. The maximum absolute atomic E-state index is 11.7. The van der Waals surface area contributed by atoms with Crippen LogP contribution < -0.4 is 21.7 Å². The van der Waals surface area contributed by atoms with Gasteiger partial charge in [-0.1, -0.05) is 19.3 Å². The zero-order chi connectivity index (χ0) is 14.9. The van der Waals surface area contributed by atoms with Crippen molar-refractivity contribution in [2.45, 2.75) is 44.6 Å². The Kier molecular flexibility index (Phi) is 6.12. The highest BCUT2D eigenvalue weighted by molar-refractivity contribution is 5.74. The van der Waals surface area contributed by atoms with Gasteiger partial charge in [0.1, 0.15) is 5.82 Å². The molecule has 2 amide bonds. The third kappa shape index (κ3) is 5.49. The van der Waals surface area contributed by atoms with Crippen LogP contribution >= 0.6 is 0 Å². The molecular weight excluding hydrogens is 266 g/mol. The van der Waals surface area contributed by atoms with E-state index in [1.165, 1.54) is 19.3 Å². The smallest absolute Gasteiger partial charge is 0.315 e. The number of nitrogens with two attached hydrogens (primary N) is 1. The molecule has 0 spiro atoms. The molecule has 1 heterocycles. The predicted octanol–water partition coefficient (Wildman–Crippen LogP) is 2.10. The molecule has 0 saturated heterocycles. The average molecular weight is 291 g/mol. The minimum atomic E-state index is -0.0562. The van der Waals surface area contributed by atoms with E-state index < -0.39 is 0 Å². The van der Waals surface area contributed by atoms with Gasteiger partial charge in [-0.3, -0.25) is 0 Å². The van der Waals surface area contributed by atoms with E-state index in [1.54, 1.807) is 12.3 Å². The highest BCUT2D eigenvalue weighted by Gasteiger charge is 2.14. The second-order valence-corrected chi connectivity index (χ2v) is 5.46. The van der Waals surface area contributed by atoms with Gasteiger partial charge in [-0.2, -0.15) is 0 Å². The van der Waals surface area contributed by atoms with E-state index in [1.807, 2.05) is 6.07 Å². The van der Waals surface area contributed by atoms with Gasteiger partial charge in [0.2, 0.25) is 0 Å². The number of nitrogens with zero attached hydrogens (tertiary/aromatic N) is 1. The van der Waals surface area contributed by atoms with Crippen molar-refractivity contribution in [2.75, 3.05) is 24.1 Å². The summed E-state index contributed by atoms with van der Waals surface area (Å²) in [5, 5.41) is 9.08. The van der Waals surface area contributed by atoms with Crippen molar-refractivity contribution in [1.29, 1.82) is 0 Å². The van der Waals surface area contributed by atoms with Crippen LogP contribution in [0, 0.1) is 0 Å². The van der Waals surface area contributed by atoms with Gasteiger partial charge >= 0.3 is 6.03 Å². The molecule has 1 fully saturated rings. The fourth-order valence-corrected chi connectivity index (χ4v) is 2.55. The Morgan fingerprint density at radius 3 is 2.86 bits per heavy atom. The molecule has 1 aliphatic rings. The molecule has 1 saturated carbocycles. The lowest BCUT2D eigenvalue weighted by Gasteiger charge is -2.22. The molecule has 6 nitrogen and oxygen atoms in total. The second-order valence-electron chi connectivity index (χ2n) is 5.46. The Bertz CT molecular complexity index is 445. The van der Waals surface area contributed by atoms with Gasteiger partial charge < -0.3 is 21.7 Å². The molecule has 116 valence electrons. The van der Waals surface area contributed by atoms with Crippen LogP contribution in [0.25, 0.3) is 0 Å². The Morgan fingerprint density at radius 1 is 1.29 bits per heavy atom. The Balaban J connectivity index is 1.55. The minimum absolute atomic E-state index is 0.0562. The average Bonchev–Trinajstić information content (AvgIpc) is 2.50. The first-order valence-electron chi connectivity index (χ1n) is 7.74. The third-order valence-electron chi connectivity index (χ3n) is 3.71. The molecule has 0 aromatic carbocycles. The maximum atomic E-state index is 11.7. The van der Waals surface area contributed by atoms with Crippen molar-refractivity contribution >= 4 is 17.5 Å². The lowest BCUT2D eigenvalue weighted by Crippen LogP contribution is -2.43. The number of rotatable bonds is 6. The number of nitrogen functional groups attached to an aromatic ring is 1. The lowest BCUT2D eigenvalue weighted by molar-refractivity contribution is 0.232.